The fourth-order valence-electron chi connectivity index (χ4n) is 1.51. The van der Waals surface area contributed by atoms with Gasteiger partial charge in [0.15, 0.2) is 0 Å². The number of hydrogen-bond acceptors (Lipinski definition) is 2. The van der Waals surface area contributed by atoms with Gasteiger partial charge in [-0.2, -0.15) is 0 Å². The smallest absolute Gasteiger partial charge is 0.0442 e. The van der Waals surface area contributed by atoms with Crippen LogP contribution < -0.4 is 4.72 Å². The number of anilines is 1. The van der Waals surface area contributed by atoms with E-state index in [9.17, 15) is 0 Å². The monoisotopic (exact) mass is 261 g/mol. The molecule has 1 nitrogen and oxygen atoms in total. The highest BCUT2D eigenvalue weighted by atomic mass is 32.7. The Hall–Kier alpha value is -0.980. The molecule has 0 saturated heterocycles. The second kappa shape index (κ2) is 6.68. The van der Waals surface area contributed by atoms with E-state index in [4.69, 9.17) is 0 Å². The third-order valence-corrected chi connectivity index (χ3v) is 5.39. The predicted octanol–water partition coefficient (Wildman–Crippen LogP) is 4.97. The molecular formula is C14H16NPS. The molecule has 0 fully saturated rings. The molecule has 3 heteroatoms. The molecule has 0 bridgehead atoms. The van der Waals surface area contributed by atoms with Gasteiger partial charge in [-0.1, -0.05) is 48.5 Å². The number of rotatable bonds is 5. The Labute approximate surface area is 108 Å². The van der Waals surface area contributed by atoms with Crippen molar-refractivity contribution in [3.8, 4) is 0 Å². The zero-order chi connectivity index (χ0) is 11.9. The first kappa shape index (κ1) is 12.5. The van der Waals surface area contributed by atoms with Crippen LogP contribution in [-0.2, 0) is 6.16 Å². The topological polar surface area (TPSA) is 12.0 Å². The predicted molar refractivity (Wildman–Crippen MR) is 80.6 cm³/mol. The van der Waals surface area contributed by atoms with Crippen molar-refractivity contribution in [2.24, 2.45) is 0 Å². The van der Waals surface area contributed by atoms with E-state index in [1.807, 2.05) is 17.6 Å². The minimum absolute atomic E-state index is 0.0750. The van der Waals surface area contributed by atoms with Gasteiger partial charge in [0.25, 0.3) is 0 Å². The van der Waals surface area contributed by atoms with Crippen molar-refractivity contribution >= 4 is 24.4 Å². The van der Waals surface area contributed by atoms with Gasteiger partial charge in [-0.05, 0) is 43.1 Å². The largest absolute Gasteiger partial charge is 0.326 e. The molecule has 0 amide bonds. The highest BCUT2D eigenvalue weighted by molar-refractivity contribution is 8.55. The summed E-state index contributed by atoms with van der Waals surface area (Å²) >= 11 is 1.84. The molecule has 1 unspecified atom stereocenters. The molecule has 2 aromatic carbocycles. The maximum Gasteiger partial charge on any atom is 0.0442 e. The van der Waals surface area contributed by atoms with Crippen LogP contribution in [0.2, 0.25) is 0 Å². The van der Waals surface area contributed by atoms with E-state index in [0.29, 0.717) is 0 Å². The first-order valence-electron chi connectivity index (χ1n) is 5.58. The first-order chi connectivity index (χ1) is 8.34. The lowest BCUT2D eigenvalue weighted by Gasteiger charge is -2.12. The number of nitrogens with one attached hydrogen (secondary N) is 1. The Bertz CT molecular complexity index is 432. The van der Waals surface area contributed by atoms with Crippen LogP contribution in [0.25, 0.3) is 0 Å². The summed E-state index contributed by atoms with van der Waals surface area (Å²) < 4.78 is 3.41. The van der Waals surface area contributed by atoms with E-state index in [-0.39, 0.29) is 7.12 Å². The Balaban J connectivity index is 1.80. The quantitative estimate of drug-likeness (QED) is 0.602. The van der Waals surface area contributed by atoms with Crippen molar-refractivity contribution in [3.63, 3.8) is 0 Å². The highest BCUT2D eigenvalue weighted by Crippen LogP contribution is 2.48. The van der Waals surface area contributed by atoms with E-state index in [2.05, 4.69) is 66.0 Å². The van der Waals surface area contributed by atoms with Gasteiger partial charge < -0.3 is 4.72 Å². The van der Waals surface area contributed by atoms with Crippen molar-refractivity contribution in [2.45, 2.75) is 6.16 Å². The lowest BCUT2D eigenvalue weighted by atomic mass is 10.2. The van der Waals surface area contributed by atoms with Crippen molar-refractivity contribution in [3.05, 3.63) is 66.2 Å². The molecule has 2 rings (SSSR count). The van der Waals surface area contributed by atoms with Gasteiger partial charge in [-0.3, -0.25) is 0 Å². The summed E-state index contributed by atoms with van der Waals surface area (Å²) in [4.78, 5) is 0. The average Bonchev–Trinajstić information content (AvgIpc) is 2.39. The average molecular weight is 261 g/mol. The van der Waals surface area contributed by atoms with Gasteiger partial charge in [0.2, 0.25) is 0 Å². The highest BCUT2D eigenvalue weighted by Gasteiger charge is 2.03. The van der Waals surface area contributed by atoms with Crippen LogP contribution in [0.3, 0.4) is 0 Å². The minimum Gasteiger partial charge on any atom is -0.326 e. The SMILES string of the molecule is CP(Cc1ccccc1)SNc1ccccc1. The standard InChI is InChI=1S/C14H16NPS/c1-16(12-13-8-4-2-5-9-13)17-15-14-10-6-3-7-11-14/h2-11,15H,12H2,1H3. The summed E-state index contributed by atoms with van der Waals surface area (Å²) in [5.41, 5.74) is 2.60. The van der Waals surface area contributed by atoms with Crippen LogP contribution in [-0.4, -0.2) is 6.66 Å². The number of hydrogen-bond donors (Lipinski definition) is 1. The molecule has 17 heavy (non-hydrogen) atoms. The summed E-state index contributed by atoms with van der Waals surface area (Å²) in [6.07, 6.45) is 1.15. The molecule has 0 heterocycles. The van der Waals surface area contributed by atoms with Crippen molar-refractivity contribution in [2.75, 3.05) is 11.4 Å². The maximum absolute atomic E-state index is 3.41. The molecule has 2 aromatic rings. The third-order valence-electron chi connectivity index (χ3n) is 2.34. The van der Waals surface area contributed by atoms with Gasteiger partial charge in [0.05, 0.1) is 0 Å². The van der Waals surface area contributed by atoms with E-state index >= 15 is 0 Å². The fraction of sp³-hybridized carbons (Fsp3) is 0.143. The minimum atomic E-state index is -0.0750. The van der Waals surface area contributed by atoms with Crippen LogP contribution in [0.5, 0.6) is 0 Å². The number of benzene rings is 2. The summed E-state index contributed by atoms with van der Waals surface area (Å²) in [5, 5.41) is 0. The molecule has 0 spiro atoms. The first-order valence-corrected chi connectivity index (χ1v) is 8.97. The van der Waals surface area contributed by atoms with Gasteiger partial charge >= 0.3 is 0 Å². The van der Waals surface area contributed by atoms with Crippen LogP contribution in [0.15, 0.2) is 60.7 Å². The Morgan fingerprint density at radius 3 is 2.18 bits per heavy atom. The van der Waals surface area contributed by atoms with E-state index in [1.54, 1.807) is 0 Å². The van der Waals surface area contributed by atoms with Crippen LogP contribution in [0, 0.1) is 0 Å². The van der Waals surface area contributed by atoms with E-state index in [1.165, 1.54) is 11.3 Å². The maximum atomic E-state index is 3.41. The molecule has 0 saturated carbocycles. The lowest BCUT2D eigenvalue weighted by molar-refractivity contribution is 1.41. The molecule has 1 atom stereocenters. The second-order valence-corrected chi connectivity index (χ2v) is 8.21. The Kier molecular flexibility index (Phi) is 4.90. The molecular weight excluding hydrogens is 245 g/mol. The molecule has 0 aliphatic heterocycles. The van der Waals surface area contributed by atoms with Gasteiger partial charge in [-0.25, -0.2) is 0 Å². The Morgan fingerprint density at radius 2 is 1.53 bits per heavy atom. The van der Waals surface area contributed by atoms with Crippen molar-refractivity contribution in [1.29, 1.82) is 0 Å². The zero-order valence-electron chi connectivity index (χ0n) is 9.84. The molecule has 0 radical (unpaired) electrons. The van der Waals surface area contributed by atoms with E-state index < -0.39 is 0 Å². The summed E-state index contributed by atoms with van der Waals surface area (Å²) in [5.74, 6) is 0. The normalized spacial score (nSPS) is 12.1. The Morgan fingerprint density at radius 1 is 0.941 bits per heavy atom. The van der Waals surface area contributed by atoms with Crippen LogP contribution >= 0.6 is 18.7 Å². The van der Waals surface area contributed by atoms with Gasteiger partial charge in [0, 0.05) is 11.8 Å². The summed E-state index contributed by atoms with van der Waals surface area (Å²) in [6, 6.07) is 21.0. The van der Waals surface area contributed by atoms with Crippen molar-refractivity contribution < 1.29 is 0 Å². The summed E-state index contributed by atoms with van der Waals surface area (Å²) in [7, 11) is -0.0750. The zero-order valence-corrected chi connectivity index (χ0v) is 11.5. The number of para-hydroxylation sites is 1. The molecule has 0 aliphatic carbocycles. The molecule has 0 aliphatic rings. The second-order valence-electron chi connectivity index (χ2n) is 3.83. The van der Waals surface area contributed by atoms with Crippen LogP contribution in [0.1, 0.15) is 5.56 Å². The van der Waals surface area contributed by atoms with E-state index in [0.717, 1.165) is 6.16 Å². The third kappa shape index (κ3) is 4.41. The summed E-state index contributed by atoms with van der Waals surface area (Å²) in [6.45, 7) is 2.31. The van der Waals surface area contributed by atoms with Crippen molar-refractivity contribution in [1.82, 2.24) is 0 Å². The molecule has 88 valence electrons. The van der Waals surface area contributed by atoms with Crippen LogP contribution in [0.4, 0.5) is 5.69 Å². The van der Waals surface area contributed by atoms with Gasteiger partial charge in [0.1, 0.15) is 0 Å². The molecule has 0 aromatic heterocycles. The molecule has 1 N–H and O–H groups in total. The van der Waals surface area contributed by atoms with Gasteiger partial charge in [-0.15, -0.1) is 0 Å². The lowest BCUT2D eigenvalue weighted by Crippen LogP contribution is -1.86. The fourth-order valence-corrected chi connectivity index (χ4v) is 4.12.